The first kappa shape index (κ1) is 39.8. The molecule has 0 saturated carbocycles. The molecule has 4 rings (SSSR count). The Morgan fingerprint density at radius 3 is 1.89 bits per heavy atom. The molecule has 0 heterocycles. The number of ether oxygens (including phenoxy) is 3. The summed E-state index contributed by atoms with van der Waals surface area (Å²) in [5, 5.41) is 2.74. The number of hydrogen-bond donors (Lipinski definition) is 1. The topological polar surface area (TPSA) is 128 Å². The maximum atomic E-state index is 13.6. The van der Waals surface area contributed by atoms with Crippen LogP contribution < -0.4 is 5.32 Å². The van der Waals surface area contributed by atoms with E-state index in [0.717, 1.165) is 12.1 Å². The Hall–Kier alpha value is -5.98. The first-order valence-corrected chi connectivity index (χ1v) is 16.8. The second-order valence-electron chi connectivity index (χ2n) is 11.8. The van der Waals surface area contributed by atoms with Crippen molar-refractivity contribution < 1.29 is 51.4 Å². The number of esters is 3. The standard InChI is InChI=1S/C40H39F3N2O8/c1-5-45(4)36(48)32-23-26(24-34(46)53-25-39(37(49)51-6-2,38(50)52-7-3)28-13-9-8-10-14-28)17-22-33(32)44-35(47)31-16-12-11-15-30(31)27-18-20-29(21-19-27)40(41,42)43/h8-23H,5-7,24-25H2,1-4H3,(H,44,47). The van der Waals surface area contributed by atoms with E-state index in [9.17, 15) is 37.1 Å². The SMILES string of the molecule is CCOC(=O)C(COC(=O)Cc1ccc(NC(=O)c2ccccc2-c2ccc(C(F)(F)F)cc2)c(C(=O)N(C)CC)c1)(C(=O)OCC)c1ccccc1. The van der Waals surface area contributed by atoms with Crippen molar-refractivity contribution in [3.05, 3.63) is 125 Å². The molecule has 10 nitrogen and oxygen atoms in total. The van der Waals surface area contributed by atoms with Gasteiger partial charge in [-0.1, -0.05) is 66.7 Å². The first-order valence-electron chi connectivity index (χ1n) is 16.8. The Kier molecular flexibility index (Phi) is 13.1. The van der Waals surface area contributed by atoms with Gasteiger partial charge in [0.25, 0.3) is 11.8 Å². The molecule has 53 heavy (non-hydrogen) atoms. The van der Waals surface area contributed by atoms with Gasteiger partial charge in [-0.2, -0.15) is 13.2 Å². The molecule has 4 aromatic carbocycles. The monoisotopic (exact) mass is 732 g/mol. The number of benzene rings is 4. The lowest BCUT2D eigenvalue weighted by Crippen LogP contribution is -2.50. The van der Waals surface area contributed by atoms with Crippen molar-refractivity contribution in [2.24, 2.45) is 0 Å². The minimum absolute atomic E-state index is 0.0483. The van der Waals surface area contributed by atoms with Crippen molar-refractivity contribution >= 4 is 35.4 Å². The van der Waals surface area contributed by atoms with Crippen molar-refractivity contribution in [1.29, 1.82) is 0 Å². The molecule has 0 fully saturated rings. The van der Waals surface area contributed by atoms with E-state index in [1.807, 2.05) is 0 Å². The first-order chi connectivity index (χ1) is 25.3. The number of hydrogen-bond acceptors (Lipinski definition) is 8. The van der Waals surface area contributed by atoms with Gasteiger partial charge in [0.15, 0.2) is 0 Å². The molecule has 0 saturated heterocycles. The molecule has 0 atom stereocenters. The van der Waals surface area contributed by atoms with Crippen molar-refractivity contribution in [2.45, 2.75) is 38.8 Å². The zero-order valence-electron chi connectivity index (χ0n) is 29.6. The highest BCUT2D eigenvalue weighted by Crippen LogP contribution is 2.33. The van der Waals surface area contributed by atoms with E-state index in [4.69, 9.17) is 14.2 Å². The summed E-state index contributed by atoms with van der Waals surface area (Å²) in [6.07, 6.45) is -4.90. The molecule has 0 radical (unpaired) electrons. The summed E-state index contributed by atoms with van der Waals surface area (Å²) in [5.41, 5.74) is -1.33. The third-order valence-electron chi connectivity index (χ3n) is 8.39. The summed E-state index contributed by atoms with van der Waals surface area (Å²) in [7, 11) is 1.56. The molecule has 0 aliphatic carbocycles. The van der Waals surface area contributed by atoms with Gasteiger partial charge in [-0.05, 0) is 73.4 Å². The number of carbonyl (C=O) groups excluding carboxylic acids is 5. The molecule has 13 heteroatoms. The fraction of sp³-hybridized carbons (Fsp3) is 0.275. The van der Waals surface area contributed by atoms with E-state index < -0.39 is 53.5 Å². The molecule has 4 aromatic rings. The van der Waals surface area contributed by atoms with Gasteiger partial charge in [-0.25, -0.2) is 0 Å². The number of amides is 2. The lowest BCUT2D eigenvalue weighted by molar-refractivity contribution is -0.170. The quantitative estimate of drug-likeness (QED) is 0.0846. The largest absolute Gasteiger partial charge is 0.465 e. The van der Waals surface area contributed by atoms with Crippen LogP contribution >= 0.6 is 0 Å². The van der Waals surface area contributed by atoms with Crippen LogP contribution in [0.25, 0.3) is 11.1 Å². The second-order valence-corrected chi connectivity index (χ2v) is 11.8. The Labute approximate surface area is 304 Å². The predicted octanol–water partition coefficient (Wildman–Crippen LogP) is 6.87. The van der Waals surface area contributed by atoms with Crippen molar-refractivity contribution in [3.8, 4) is 11.1 Å². The Morgan fingerprint density at radius 1 is 0.698 bits per heavy atom. The van der Waals surface area contributed by atoms with Gasteiger partial charge in [-0.3, -0.25) is 24.0 Å². The second kappa shape index (κ2) is 17.5. The van der Waals surface area contributed by atoms with Crippen LogP contribution in [0.4, 0.5) is 18.9 Å². The van der Waals surface area contributed by atoms with Gasteiger partial charge >= 0.3 is 24.1 Å². The fourth-order valence-electron chi connectivity index (χ4n) is 5.46. The number of anilines is 1. The number of rotatable bonds is 14. The van der Waals surface area contributed by atoms with Crippen molar-refractivity contribution in [3.63, 3.8) is 0 Å². The van der Waals surface area contributed by atoms with Crippen LogP contribution in [0.2, 0.25) is 0 Å². The van der Waals surface area contributed by atoms with Gasteiger partial charge in [0.1, 0.15) is 6.61 Å². The maximum Gasteiger partial charge on any atom is 0.416 e. The van der Waals surface area contributed by atoms with E-state index in [1.165, 1.54) is 53.4 Å². The number of alkyl halides is 3. The zero-order chi connectivity index (χ0) is 38.8. The van der Waals surface area contributed by atoms with Crippen LogP contribution in [0.15, 0.2) is 97.1 Å². The summed E-state index contributed by atoms with van der Waals surface area (Å²) in [5.74, 6) is -3.83. The number of carbonyl (C=O) groups is 5. The summed E-state index contributed by atoms with van der Waals surface area (Å²) >= 11 is 0. The third kappa shape index (κ3) is 9.28. The molecule has 278 valence electrons. The van der Waals surface area contributed by atoms with Gasteiger partial charge in [-0.15, -0.1) is 0 Å². The van der Waals surface area contributed by atoms with E-state index in [2.05, 4.69) is 5.32 Å². The van der Waals surface area contributed by atoms with Crippen LogP contribution in [0.1, 0.15) is 58.2 Å². The fourth-order valence-corrected chi connectivity index (χ4v) is 5.46. The molecule has 0 unspecified atom stereocenters. The highest BCUT2D eigenvalue weighted by atomic mass is 19.4. The molecule has 0 aliphatic heterocycles. The molecular weight excluding hydrogens is 693 g/mol. The summed E-state index contributed by atoms with van der Waals surface area (Å²) < 4.78 is 55.5. The highest BCUT2D eigenvalue weighted by molar-refractivity contribution is 6.12. The maximum absolute atomic E-state index is 13.6. The highest BCUT2D eigenvalue weighted by Gasteiger charge is 2.52. The van der Waals surface area contributed by atoms with Crippen molar-refractivity contribution in [1.82, 2.24) is 4.90 Å². The molecule has 1 N–H and O–H groups in total. The van der Waals surface area contributed by atoms with Crippen LogP contribution in [0, 0.1) is 0 Å². The average Bonchev–Trinajstić information content (AvgIpc) is 3.15. The van der Waals surface area contributed by atoms with E-state index >= 15 is 0 Å². The van der Waals surface area contributed by atoms with Crippen molar-refractivity contribution in [2.75, 3.05) is 38.7 Å². The minimum atomic E-state index is -4.52. The molecule has 0 aromatic heterocycles. The zero-order valence-corrected chi connectivity index (χ0v) is 29.6. The van der Waals surface area contributed by atoms with Crippen LogP contribution in [0.3, 0.4) is 0 Å². The molecule has 2 amide bonds. The predicted molar refractivity (Wildman–Crippen MR) is 190 cm³/mol. The lowest BCUT2D eigenvalue weighted by Gasteiger charge is -2.29. The smallest absolute Gasteiger partial charge is 0.416 e. The van der Waals surface area contributed by atoms with Crippen LogP contribution in [0.5, 0.6) is 0 Å². The normalized spacial score (nSPS) is 11.3. The molecule has 0 bridgehead atoms. The number of nitrogens with one attached hydrogen (secondary N) is 1. The Morgan fingerprint density at radius 2 is 1.30 bits per heavy atom. The lowest BCUT2D eigenvalue weighted by atomic mass is 9.81. The van der Waals surface area contributed by atoms with Crippen LogP contribution in [-0.4, -0.2) is 68.0 Å². The van der Waals surface area contributed by atoms with Gasteiger partial charge in [0, 0.05) is 19.2 Å². The minimum Gasteiger partial charge on any atom is -0.465 e. The molecule has 0 aliphatic rings. The third-order valence-corrected chi connectivity index (χ3v) is 8.39. The average molecular weight is 733 g/mol. The van der Waals surface area contributed by atoms with Gasteiger partial charge < -0.3 is 24.4 Å². The Bertz CT molecular complexity index is 1930. The van der Waals surface area contributed by atoms with E-state index in [-0.39, 0.29) is 42.0 Å². The van der Waals surface area contributed by atoms with Gasteiger partial charge in [0.05, 0.1) is 36.4 Å². The Balaban J connectivity index is 1.62. The van der Waals surface area contributed by atoms with Crippen LogP contribution in [-0.2, 0) is 46.6 Å². The summed E-state index contributed by atoms with van der Waals surface area (Å²) in [6.45, 7) is 4.40. The number of nitrogens with zero attached hydrogens (tertiary/aromatic N) is 1. The summed E-state index contributed by atoms with van der Waals surface area (Å²) in [6, 6.07) is 23.1. The summed E-state index contributed by atoms with van der Waals surface area (Å²) in [4.78, 5) is 68.4. The van der Waals surface area contributed by atoms with E-state index in [1.54, 1.807) is 64.2 Å². The van der Waals surface area contributed by atoms with Gasteiger partial charge in [0.2, 0.25) is 5.41 Å². The molecule has 0 spiro atoms. The number of halogens is 3. The van der Waals surface area contributed by atoms with E-state index in [0.29, 0.717) is 23.2 Å². The molecular formula is C40H39F3N2O8.